The Balaban J connectivity index is 1.13. The smallest absolute Gasteiger partial charge is 0.238 e. The van der Waals surface area contributed by atoms with Crippen LogP contribution in [0.15, 0.2) is 48.9 Å². The first kappa shape index (κ1) is 27.1. The number of aromatic amines is 1. The summed E-state index contributed by atoms with van der Waals surface area (Å²) in [5.74, 6) is 2.08. The van der Waals surface area contributed by atoms with Gasteiger partial charge in [-0.3, -0.25) is 14.4 Å². The Bertz CT molecular complexity index is 1730. The molecule has 4 aromatic heterocycles. The van der Waals surface area contributed by atoms with Crippen LogP contribution in [0.3, 0.4) is 0 Å². The Morgan fingerprint density at radius 3 is 2.86 bits per heavy atom. The second kappa shape index (κ2) is 11.4. The van der Waals surface area contributed by atoms with Gasteiger partial charge in [0.2, 0.25) is 23.7 Å². The molecule has 1 amide bonds. The van der Waals surface area contributed by atoms with Crippen LogP contribution in [-0.4, -0.2) is 78.3 Å². The summed E-state index contributed by atoms with van der Waals surface area (Å²) in [5.41, 5.74) is 5.23. The number of anilines is 4. The standard InChI is InChI=1S/C29H33N11O2/c1-17-13-33-29(35-23-12-18(2)39(4)38-23)37-26(17)21-14-32-27-20(21)6-5-7-22(27)34-24(41)16-40-11-9-19(15-40)42-25-8-10-31-28(30-3)36-25/h5-8,10,12-14,19,32H,9,11,15-16H2,1-4H3,(H,34,41)(H,30,31,36)(H,33,35,37,38)/t19-/m0/s1. The van der Waals surface area contributed by atoms with Crippen LogP contribution in [0, 0.1) is 13.8 Å². The van der Waals surface area contributed by atoms with Crippen LogP contribution in [0.4, 0.5) is 23.4 Å². The van der Waals surface area contributed by atoms with Crippen molar-refractivity contribution in [3.63, 3.8) is 0 Å². The van der Waals surface area contributed by atoms with Crippen LogP contribution in [0.1, 0.15) is 17.7 Å². The molecule has 0 radical (unpaired) electrons. The quantitative estimate of drug-likeness (QED) is 0.208. The Hall–Kier alpha value is -5.04. The maximum atomic E-state index is 13.1. The molecule has 1 aliphatic rings. The molecule has 0 bridgehead atoms. The van der Waals surface area contributed by atoms with E-state index >= 15 is 0 Å². The third-order valence-corrected chi connectivity index (χ3v) is 7.31. The number of carbonyl (C=O) groups is 1. The van der Waals surface area contributed by atoms with E-state index in [0.717, 1.165) is 46.4 Å². The molecule has 0 spiro atoms. The van der Waals surface area contributed by atoms with Gasteiger partial charge in [0.05, 0.1) is 23.4 Å². The first-order valence-corrected chi connectivity index (χ1v) is 13.8. The van der Waals surface area contributed by atoms with Gasteiger partial charge in [0.15, 0.2) is 5.82 Å². The van der Waals surface area contributed by atoms with Gasteiger partial charge in [-0.2, -0.15) is 10.1 Å². The molecule has 13 nitrogen and oxygen atoms in total. The van der Waals surface area contributed by atoms with Crippen molar-refractivity contribution < 1.29 is 9.53 Å². The molecule has 1 atom stereocenters. The molecule has 1 aliphatic heterocycles. The minimum absolute atomic E-state index is 0.0380. The lowest BCUT2D eigenvalue weighted by Crippen LogP contribution is -2.33. The zero-order valence-electron chi connectivity index (χ0n) is 24.0. The normalized spacial score (nSPS) is 15.2. The summed E-state index contributed by atoms with van der Waals surface area (Å²) in [6.45, 7) is 5.64. The fourth-order valence-electron chi connectivity index (χ4n) is 5.09. The number of H-pyrrole nitrogens is 1. The molecule has 13 heteroatoms. The van der Waals surface area contributed by atoms with Crippen LogP contribution in [0.2, 0.25) is 0 Å². The predicted octanol–water partition coefficient (Wildman–Crippen LogP) is 3.64. The largest absolute Gasteiger partial charge is 0.473 e. The highest BCUT2D eigenvalue weighted by Crippen LogP contribution is 2.33. The zero-order chi connectivity index (χ0) is 29.2. The van der Waals surface area contributed by atoms with E-state index in [1.54, 1.807) is 30.2 Å². The lowest BCUT2D eigenvalue weighted by atomic mass is 10.1. The van der Waals surface area contributed by atoms with Crippen molar-refractivity contribution in [2.45, 2.75) is 26.4 Å². The van der Waals surface area contributed by atoms with E-state index in [1.165, 1.54) is 0 Å². The van der Waals surface area contributed by atoms with Gasteiger partial charge in [-0.05, 0) is 31.9 Å². The van der Waals surface area contributed by atoms with Crippen molar-refractivity contribution in [3.05, 3.63) is 60.2 Å². The van der Waals surface area contributed by atoms with Gasteiger partial charge in [-0.1, -0.05) is 12.1 Å². The molecule has 0 saturated carbocycles. The van der Waals surface area contributed by atoms with Crippen LogP contribution < -0.4 is 20.7 Å². The minimum Gasteiger partial charge on any atom is -0.473 e. The lowest BCUT2D eigenvalue weighted by molar-refractivity contribution is -0.117. The van der Waals surface area contributed by atoms with Crippen LogP contribution >= 0.6 is 0 Å². The summed E-state index contributed by atoms with van der Waals surface area (Å²) in [4.78, 5) is 36.2. The molecule has 4 N–H and O–H groups in total. The fourth-order valence-corrected chi connectivity index (χ4v) is 5.09. The number of para-hydroxylation sites is 1. The number of hydrogen-bond donors (Lipinski definition) is 4. The molecule has 0 aliphatic carbocycles. The molecule has 216 valence electrons. The molecule has 5 heterocycles. The number of hydrogen-bond acceptors (Lipinski definition) is 10. The number of nitrogens with one attached hydrogen (secondary N) is 4. The number of carbonyl (C=O) groups excluding carboxylic acids is 1. The summed E-state index contributed by atoms with van der Waals surface area (Å²) in [7, 11) is 3.65. The molecule has 1 aromatic carbocycles. The van der Waals surface area contributed by atoms with Crippen molar-refractivity contribution in [1.29, 1.82) is 0 Å². The second-order valence-corrected chi connectivity index (χ2v) is 10.4. The Morgan fingerprint density at radius 2 is 2.05 bits per heavy atom. The number of aryl methyl sites for hydroxylation is 3. The first-order valence-electron chi connectivity index (χ1n) is 13.8. The number of ether oxygens (including phenoxy) is 1. The fraction of sp³-hybridized carbons (Fsp3) is 0.310. The van der Waals surface area contributed by atoms with Crippen molar-refractivity contribution in [1.82, 2.24) is 39.6 Å². The van der Waals surface area contributed by atoms with Crippen molar-refractivity contribution in [2.75, 3.05) is 42.6 Å². The summed E-state index contributed by atoms with van der Waals surface area (Å²) in [6.07, 6.45) is 6.15. The molecule has 0 unspecified atom stereocenters. The average molecular weight is 568 g/mol. The summed E-state index contributed by atoms with van der Waals surface area (Å²) < 4.78 is 7.81. The maximum absolute atomic E-state index is 13.1. The van der Waals surface area contributed by atoms with E-state index in [1.807, 2.05) is 51.4 Å². The number of likely N-dealkylation sites (tertiary alicyclic amines) is 1. The zero-order valence-corrected chi connectivity index (χ0v) is 24.0. The first-order chi connectivity index (χ1) is 20.4. The Morgan fingerprint density at radius 1 is 1.17 bits per heavy atom. The van der Waals surface area contributed by atoms with Crippen molar-refractivity contribution in [2.24, 2.45) is 7.05 Å². The van der Waals surface area contributed by atoms with Gasteiger partial charge in [-0.15, -0.1) is 0 Å². The Labute approximate surface area is 242 Å². The molecule has 42 heavy (non-hydrogen) atoms. The van der Waals surface area contributed by atoms with Gasteiger partial charge in [0.25, 0.3) is 0 Å². The number of benzene rings is 1. The molecular formula is C29H33N11O2. The van der Waals surface area contributed by atoms with Gasteiger partial charge in [-0.25, -0.2) is 15.0 Å². The van der Waals surface area contributed by atoms with E-state index in [4.69, 9.17) is 9.72 Å². The van der Waals surface area contributed by atoms with Gasteiger partial charge >= 0.3 is 0 Å². The molecule has 1 fully saturated rings. The minimum atomic E-state index is -0.0887. The molecule has 6 rings (SSSR count). The van der Waals surface area contributed by atoms with E-state index < -0.39 is 0 Å². The number of amides is 1. The second-order valence-electron chi connectivity index (χ2n) is 10.4. The summed E-state index contributed by atoms with van der Waals surface area (Å²) >= 11 is 0. The SMILES string of the molecule is CNc1nccc(O[C@H]2CCN(CC(=O)Nc3cccc4c(-c5nc(Nc6cc(C)n(C)n6)ncc5C)c[nH]c34)C2)n1. The number of aromatic nitrogens is 7. The van der Waals surface area contributed by atoms with Crippen LogP contribution in [0.5, 0.6) is 5.88 Å². The average Bonchev–Trinajstić information content (AvgIpc) is 3.69. The summed E-state index contributed by atoms with van der Waals surface area (Å²) in [6, 6.07) is 9.53. The van der Waals surface area contributed by atoms with Crippen molar-refractivity contribution in [3.8, 4) is 17.1 Å². The number of nitrogens with zero attached hydrogens (tertiary/aromatic N) is 7. The van der Waals surface area contributed by atoms with Gasteiger partial charge in [0.1, 0.15) is 6.10 Å². The molecule has 5 aromatic rings. The molecule has 1 saturated heterocycles. The van der Waals surface area contributed by atoms with Crippen LogP contribution in [0.25, 0.3) is 22.2 Å². The highest BCUT2D eigenvalue weighted by molar-refractivity contribution is 6.06. The third kappa shape index (κ3) is 5.72. The van der Waals surface area contributed by atoms with Crippen molar-refractivity contribution >= 4 is 40.2 Å². The Kier molecular flexibility index (Phi) is 7.40. The van der Waals surface area contributed by atoms with Gasteiger partial charge in [0, 0.05) is 74.6 Å². The predicted molar refractivity (Wildman–Crippen MR) is 161 cm³/mol. The van der Waals surface area contributed by atoms with E-state index in [-0.39, 0.29) is 18.6 Å². The summed E-state index contributed by atoms with van der Waals surface area (Å²) in [5, 5.41) is 14.6. The molecular weight excluding hydrogens is 534 g/mol. The monoisotopic (exact) mass is 567 g/mol. The van der Waals surface area contributed by atoms with E-state index in [2.05, 4.69) is 45.9 Å². The third-order valence-electron chi connectivity index (χ3n) is 7.31. The lowest BCUT2D eigenvalue weighted by Gasteiger charge is -2.16. The van der Waals surface area contributed by atoms with Crippen LogP contribution in [-0.2, 0) is 11.8 Å². The van der Waals surface area contributed by atoms with E-state index in [0.29, 0.717) is 35.8 Å². The number of fused-ring (bicyclic) bond motifs is 1. The number of rotatable bonds is 9. The van der Waals surface area contributed by atoms with Gasteiger partial charge < -0.3 is 25.7 Å². The van der Waals surface area contributed by atoms with E-state index in [9.17, 15) is 4.79 Å². The highest BCUT2D eigenvalue weighted by Gasteiger charge is 2.26. The highest BCUT2D eigenvalue weighted by atomic mass is 16.5. The maximum Gasteiger partial charge on any atom is 0.238 e. The topological polar surface area (TPSA) is 151 Å².